The summed E-state index contributed by atoms with van der Waals surface area (Å²) in [5.74, 6) is 5.27. The molecule has 0 aliphatic rings. The van der Waals surface area contributed by atoms with Crippen molar-refractivity contribution in [1.82, 2.24) is 0 Å². The Bertz CT molecular complexity index is 825. The summed E-state index contributed by atoms with van der Waals surface area (Å²) in [6, 6.07) is 3.82. The number of furan rings is 1. The number of aryl methyl sites for hydroxylation is 3. The van der Waals surface area contributed by atoms with E-state index in [2.05, 4.69) is 5.10 Å². The number of fused-ring (bicyclic) bond motifs is 3. The van der Waals surface area contributed by atoms with Crippen LogP contribution in [0.1, 0.15) is 16.7 Å². The normalized spacial score (nSPS) is 12.7. The van der Waals surface area contributed by atoms with Crippen LogP contribution in [0.5, 0.6) is 0 Å². The molecule has 4 nitrogen and oxygen atoms in total. The van der Waals surface area contributed by atoms with Crippen LogP contribution in [0, 0.1) is 20.8 Å². The van der Waals surface area contributed by atoms with E-state index in [9.17, 15) is 0 Å². The predicted molar refractivity (Wildman–Crippen MR) is 69.9 cm³/mol. The highest BCUT2D eigenvalue weighted by atomic mass is 16.3. The zero-order valence-corrected chi connectivity index (χ0v) is 10.6. The first-order valence-corrected chi connectivity index (χ1v) is 5.77. The molecular weight excluding hydrogens is 228 g/mol. The summed E-state index contributed by atoms with van der Waals surface area (Å²) in [6.45, 7) is 6.08. The van der Waals surface area contributed by atoms with Crippen LogP contribution < -0.4 is 11.4 Å². The van der Waals surface area contributed by atoms with Crippen LogP contribution in [0.25, 0.3) is 21.9 Å². The highest BCUT2D eigenvalue weighted by molar-refractivity contribution is 6.06. The van der Waals surface area contributed by atoms with Crippen molar-refractivity contribution >= 4 is 21.9 Å². The zero-order chi connectivity index (χ0) is 12.9. The summed E-state index contributed by atoms with van der Waals surface area (Å²) >= 11 is 0. The van der Waals surface area contributed by atoms with Gasteiger partial charge in [0.05, 0.1) is 11.6 Å². The van der Waals surface area contributed by atoms with Crippen molar-refractivity contribution in [2.45, 2.75) is 20.8 Å². The summed E-state index contributed by atoms with van der Waals surface area (Å²) in [5.41, 5.74) is 5.34. The molecule has 0 aliphatic carbocycles. The minimum atomic E-state index is 0.419. The van der Waals surface area contributed by atoms with Gasteiger partial charge >= 0.3 is 0 Å². The number of rotatable bonds is 0. The van der Waals surface area contributed by atoms with E-state index in [1.165, 1.54) is 0 Å². The molecule has 1 aromatic carbocycles. The first-order chi connectivity index (χ1) is 8.61. The Morgan fingerprint density at radius 1 is 1.00 bits per heavy atom. The van der Waals surface area contributed by atoms with Gasteiger partial charge in [0.15, 0.2) is 0 Å². The van der Waals surface area contributed by atoms with Crippen LogP contribution in [-0.4, -0.2) is 0 Å². The van der Waals surface area contributed by atoms with E-state index in [4.69, 9.17) is 14.7 Å². The first-order valence-electron chi connectivity index (χ1n) is 5.77. The molecule has 0 aliphatic heterocycles. The summed E-state index contributed by atoms with van der Waals surface area (Å²) in [4.78, 5) is 0. The van der Waals surface area contributed by atoms with Crippen molar-refractivity contribution in [2.75, 3.05) is 0 Å². The van der Waals surface area contributed by atoms with Crippen LogP contribution >= 0.6 is 0 Å². The van der Waals surface area contributed by atoms with Gasteiger partial charge < -0.3 is 14.7 Å². The number of benzene rings is 1. The molecule has 2 heterocycles. The lowest BCUT2D eigenvalue weighted by Crippen LogP contribution is -2.05. The third-order valence-corrected chi connectivity index (χ3v) is 3.27. The molecule has 3 aromatic rings. The highest BCUT2D eigenvalue weighted by Gasteiger charge is 2.13. The molecule has 0 unspecified atom stereocenters. The summed E-state index contributed by atoms with van der Waals surface area (Å²) < 4.78 is 11.3. The van der Waals surface area contributed by atoms with Crippen LogP contribution in [0.4, 0.5) is 0 Å². The van der Waals surface area contributed by atoms with Crippen molar-refractivity contribution in [3.05, 3.63) is 40.6 Å². The fourth-order valence-corrected chi connectivity index (χ4v) is 2.49. The van der Waals surface area contributed by atoms with E-state index in [0.29, 0.717) is 5.55 Å². The molecular formula is C14H14N2O2. The highest BCUT2D eigenvalue weighted by Crippen LogP contribution is 2.32. The molecule has 4 heteroatoms. The predicted octanol–water partition coefficient (Wildman–Crippen LogP) is 2.88. The van der Waals surface area contributed by atoms with Gasteiger partial charge in [0.25, 0.3) is 0 Å². The SMILES string of the molecule is Cc1coc2c1c(C)cc1o/c(=N/N)cc(C)c12. The van der Waals surface area contributed by atoms with E-state index in [-0.39, 0.29) is 0 Å². The van der Waals surface area contributed by atoms with Crippen LogP contribution in [0.3, 0.4) is 0 Å². The second-order valence-corrected chi connectivity index (χ2v) is 4.59. The van der Waals surface area contributed by atoms with Gasteiger partial charge in [0, 0.05) is 11.5 Å². The Labute approximate surface area is 104 Å². The number of nitrogens with two attached hydrogens (primary N) is 1. The Balaban J connectivity index is 2.63. The number of hydrogen-bond acceptors (Lipinski definition) is 4. The smallest absolute Gasteiger partial charge is 0.236 e. The van der Waals surface area contributed by atoms with Crippen LogP contribution in [0.2, 0.25) is 0 Å². The Hall–Kier alpha value is -2.23. The largest absolute Gasteiger partial charge is 0.463 e. The van der Waals surface area contributed by atoms with Crippen LogP contribution in [0.15, 0.2) is 32.3 Å². The molecule has 0 spiro atoms. The summed E-state index contributed by atoms with van der Waals surface area (Å²) in [7, 11) is 0. The lowest BCUT2D eigenvalue weighted by atomic mass is 10.0. The number of nitrogens with zero attached hydrogens (tertiary/aromatic N) is 1. The maximum absolute atomic E-state index is 5.68. The van der Waals surface area contributed by atoms with Gasteiger partial charge in [-0.2, -0.15) is 0 Å². The fraction of sp³-hybridized carbons (Fsp3) is 0.214. The molecule has 92 valence electrons. The molecule has 2 N–H and O–H groups in total. The van der Waals surface area contributed by atoms with Gasteiger partial charge in [-0.1, -0.05) is 0 Å². The molecule has 0 radical (unpaired) electrons. The Morgan fingerprint density at radius 3 is 2.44 bits per heavy atom. The van der Waals surface area contributed by atoms with Crippen molar-refractivity contribution < 1.29 is 8.83 Å². The van der Waals surface area contributed by atoms with Gasteiger partial charge in [0.1, 0.15) is 11.2 Å². The lowest BCUT2D eigenvalue weighted by molar-refractivity contribution is 0.534. The standard InChI is InChI=1S/C14H14N2O2/c1-7-4-10-13(8(2)5-11(16-15)18-10)14-12(7)9(3)6-17-14/h4-6H,15H2,1-3H3/b16-11+. The zero-order valence-electron chi connectivity index (χ0n) is 10.6. The van der Waals surface area contributed by atoms with Crippen molar-refractivity contribution in [3.63, 3.8) is 0 Å². The molecule has 0 atom stereocenters. The molecule has 3 rings (SSSR count). The minimum absolute atomic E-state index is 0.419. The van der Waals surface area contributed by atoms with E-state index in [0.717, 1.165) is 38.6 Å². The van der Waals surface area contributed by atoms with E-state index in [1.54, 1.807) is 6.26 Å². The molecule has 0 saturated heterocycles. The van der Waals surface area contributed by atoms with E-state index in [1.807, 2.05) is 32.9 Å². The minimum Gasteiger partial charge on any atom is -0.463 e. The molecule has 0 saturated carbocycles. The second kappa shape index (κ2) is 3.63. The third kappa shape index (κ3) is 1.35. The molecule has 0 amide bonds. The maximum atomic E-state index is 5.68. The average molecular weight is 242 g/mol. The monoisotopic (exact) mass is 242 g/mol. The second-order valence-electron chi connectivity index (χ2n) is 4.59. The summed E-state index contributed by atoms with van der Waals surface area (Å²) in [5, 5.41) is 5.73. The molecule has 0 fully saturated rings. The lowest BCUT2D eigenvalue weighted by Gasteiger charge is -2.05. The van der Waals surface area contributed by atoms with Gasteiger partial charge in [0.2, 0.25) is 5.55 Å². The summed E-state index contributed by atoms with van der Waals surface area (Å²) in [6.07, 6.45) is 1.78. The molecule has 2 aromatic heterocycles. The average Bonchev–Trinajstić information content (AvgIpc) is 2.71. The van der Waals surface area contributed by atoms with Gasteiger partial charge in [-0.3, -0.25) is 0 Å². The van der Waals surface area contributed by atoms with Crippen molar-refractivity contribution in [1.29, 1.82) is 0 Å². The van der Waals surface area contributed by atoms with Crippen LogP contribution in [-0.2, 0) is 0 Å². The Kier molecular flexibility index (Phi) is 2.20. The van der Waals surface area contributed by atoms with Crippen molar-refractivity contribution in [3.8, 4) is 0 Å². The molecule has 18 heavy (non-hydrogen) atoms. The van der Waals surface area contributed by atoms with Crippen molar-refractivity contribution in [2.24, 2.45) is 10.9 Å². The first kappa shape index (κ1) is 10.9. The quantitative estimate of drug-likeness (QED) is 0.487. The van der Waals surface area contributed by atoms with Gasteiger partial charge in [-0.05, 0) is 43.5 Å². The fourth-order valence-electron chi connectivity index (χ4n) is 2.49. The maximum Gasteiger partial charge on any atom is 0.236 e. The molecule has 0 bridgehead atoms. The topological polar surface area (TPSA) is 64.7 Å². The van der Waals surface area contributed by atoms with Gasteiger partial charge in [-0.15, -0.1) is 5.10 Å². The number of hydrogen-bond donors (Lipinski definition) is 1. The van der Waals surface area contributed by atoms with E-state index >= 15 is 0 Å². The van der Waals surface area contributed by atoms with E-state index < -0.39 is 0 Å². The van der Waals surface area contributed by atoms with Gasteiger partial charge in [-0.25, -0.2) is 0 Å². The third-order valence-electron chi connectivity index (χ3n) is 3.27. The Morgan fingerprint density at radius 2 is 1.72 bits per heavy atom.